The van der Waals surface area contributed by atoms with E-state index in [1.54, 1.807) is 4.90 Å². The number of rotatable bonds is 5. The third-order valence-electron chi connectivity index (χ3n) is 4.36. The molecule has 24 heavy (non-hydrogen) atoms. The highest BCUT2D eigenvalue weighted by Gasteiger charge is 2.33. The number of imide groups is 1. The van der Waals surface area contributed by atoms with Crippen molar-refractivity contribution < 1.29 is 19.1 Å². The quantitative estimate of drug-likeness (QED) is 0.781. The Bertz CT molecular complexity index is 612. The lowest BCUT2D eigenvalue weighted by Crippen LogP contribution is -2.44. The number of likely N-dealkylation sites (tertiary alicyclic amines) is 1. The second kappa shape index (κ2) is 7.44. The lowest BCUT2D eigenvalue weighted by atomic mass is 10.1. The van der Waals surface area contributed by atoms with Crippen molar-refractivity contribution in [3.05, 3.63) is 35.9 Å². The van der Waals surface area contributed by atoms with E-state index >= 15 is 0 Å². The molecule has 0 unspecified atom stereocenters. The first-order valence-electron chi connectivity index (χ1n) is 8.16. The van der Waals surface area contributed by atoms with Gasteiger partial charge in [-0.15, -0.1) is 0 Å². The molecule has 2 fully saturated rings. The predicted octanol–water partition coefficient (Wildman–Crippen LogP) is 0.792. The molecule has 2 saturated heterocycles. The van der Waals surface area contributed by atoms with Gasteiger partial charge in [0.05, 0.1) is 19.1 Å². The van der Waals surface area contributed by atoms with Crippen molar-refractivity contribution in [1.29, 1.82) is 0 Å². The molecule has 7 heteroatoms. The van der Waals surface area contributed by atoms with Gasteiger partial charge in [-0.25, -0.2) is 4.79 Å². The summed E-state index contributed by atoms with van der Waals surface area (Å²) in [5, 5.41) is 4.58. The minimum Gasteiger partial charge on any atom is -0.373 e. The summed E-state index contributed by atoms with van der Waals surface area (Å²) in [5.41, 5.74) is 1.14. The van der Waals surface area contributed by atoms with Gasteiger partial charge in [0.2, 0.25) is 5.91 Å². The highest BCUT2D eigenvalue weighted by molar-refractivity contribution is 6.05. The Hall–Kier alpha value is -2.41. The minimum atomic E-state index is -0.753. The average molecular weight is 331 g/mol. The summed E-state index contributed by atoms with van der Waals surface area (Å²) in [6.45, 7) is 1.80. The number of urea groups is 1. The van der Waals surface area contributed by atoms with Crippen LogP contribution in [-0.4, -0.2) is 48.0 Å². The average Bonchev–Trinajstić information content (AvgIpc) is 2.91. The number of carbonyl (C=O) groups excluding carboxylic acids is 3. The molecule has 1 atom stereocenters. The van der Waals surface area contributed by atoms with Gasteiger partial charge >= 0.3 is 6.03 Å². The van der Waals surface area contributed by atoms with E-state index in [1.165, 1.54) is 0 Å². The molecule has 0 aliphatic carbocycles. The normalized spacial score (nSPS) is 21.5. The van der Waals surface area contributed by atoms with E-state index in [0.29, 0.717) is 19.7 Å². The van der Waals surface area contributed by atoms with Crippen molar-refractivity contribution in [2.24, 2.45) is 0 Å². The topological polar surface area (TPSA) is 87.7 Å². The molecule has 2 heterocycles. The molecule has 2 aliphatic heterocycles. The Labute approximate surface area is 140 Å². The molecule has 2 aliphatic rings. The Morgan fingerprint density at radius 2 is 1.88 bits per heavy atom. The third kappa shape index (κ3) is 4.11. The highest BCUT2D eigenvalue weighted by Crippen LogP contribution is 2.17. The van der Waals surface area contributed by atoms with Gasteiger partial charge in [-0.05, 0) is 18.4 Å². The zero-order chi connectivity index (χ0) is 16.9. The molecule has 3 rings (SSSR count). The van der Waals surface area contributed by atoms with Crippen LogP contribution in [-0.2, 0) is 20.9 Å². The molecule has 128 valence electrons. The van der Waals surface area contributed by atoms with E-state index < -0.39 is 18.0 Å². The molecule has 4 amide bonds. The standard InChI is InChI=1S/C17H21N3O4/c21-15(10-14-16(22)19-17(23)18-14)20-8-6-13(7-9-20)24-11-12-4-2-1-3-5-12/h1-5,13-14H,6-11H2,(H2,18,19,22,23)/t14-/m0/s1. The largest absolute Gasteiger partial charge is 0.373 e. The smallest absolute Gasteiger partial charge is 0.322 e. The SMILES string of the molecule is O=C1NC(=O)[C@H](CC(=O)N2CCC(OCc3ccccc3)CC2)N1. The van der Waals surface area contributed by atoms with Crippen LogP contribution in [0.15, 0.2) is 30.3 Å². The summed E-state index contributed by atoms with van der Waals surface area (Å²) >= 11 is 0. The van der Waals surface area contributed by atoms with Crippen LogP contribution in [0.3, 0.4) is 0 Å². The van der Waals surface area contributed by atoms with Gasteiger partial charge in [0.25, 0.3) is 5.91 Å². The number of nitrogens with one attached hydrogen (secondary N) is 2. The Morgan fingerprint density at radius 1 is 1.17 bits per heavy atom. The zero-order valence-electron chi connectivity index (χ0n) is 13.4. The summed E-state index contributed by atoms with van der Waals surface area (Å²) in [4.78, 5) is 36.5. The van der Waals surface area contributed by atoms with Crippen LogP contribution in [0.4, 0.5) is 4.79 Å². The van der Waals surface area contributed by atoms with E-state index in [-0.39, 0.29) is 18.4 Å². The van der Waals surface area contributed by atoms with Gasteiger partial charge in [-0.2, -0.15) is 0 Å². The molecule has 0 radical (unpaired) electrons. The fraction of sp³-hybridized carbons (Fsp3) is 0.471. The van der Waals surface area contributed by atoms with Gasteiger partial charge < -0.3 is 15.0 Å². The number of nitrogens with zero attached hydrogens (tertiary/aromatic N) is 1. The minimum absolute atomic E-state index is 0.00706. The number of hydrogen-bond donors (Lipinski definition) is 2. The van der Waals surface area contributed by atoms with Crippen molar-refractivity contribution in [2.75, 3.05) is 13.1 Å². The van der Waals surface area contributed by atoms with Crippen LogP contribution < -0.4 is 10.6 Å². The van der Waals surface area contributed by atoms with Gasteiger partial charge in [0.15, 0.2) is 0 Å². The molecule has 2 N–H and O–H groups in total. The van der Waals surface area contributed by atoms with Crippen molar-refractivity contribution in [2.45, 2.75) is 38.0 Å². The summed E-state index contributed by atoms with van der Waals surface area (Å²) in [6.07, 6.45) is 1.71. The van der Waals surface area contributed by atoms with Crippen LogP contribution in [0.25, 0.3) is 0 Å². The lowest BCUT2D eigenvalue weighted by molar-refractivity contribution is -0.136. The molecular weight excluding hydrogens is 310 g/mol. The van der Waals surface area contributed by atoms with Gasteiger partial charge in [-0.3, -0.25) is 14.9 Å². The number of ether oxygens (including phenoxy) is 1. The Kier molecular flexibility index (Phi) is 5.10. The summed E-state index contributed by atoms with van der Waals surface area (Å²) in [6, 6.07) is 8.71. The second-order valence-corrected chi connectivity index (χ2v) is 6.10. The van der Waals surface area contributed by atoms with Crippen molar-refractivity contribution in [1.82, 2.24) is 15.5 Å². The first kappa shape index (κ1) is 16.4. The highest BCUT2D eigenvalue weighted by atomic mass is 16.5. The number of piperidine rings is 1. The van der Waals surface area contributed by atoms with E-state index in [0.717, 1.165) is 18.4 Å². The first-order chi connectivity index (χ1) is 11.6. The van der Waals surface area contributed by atoms with Crippen molar-refractivity contribution in [3.8, 4) is 0 Å². The van der Waals surface area contributed by atoms with Crippen molar-refractivity contribution in [3.63, 3.8) is 0 Å². The summed E-state index contributed by atoms with van der Waals surface area (Å²) in [5.74, 6) is -0.548. The number of hydrogen-bond acceptors (Lipinski definition) is 4. The molecule has 0 saturated carbocycles. The number of benzene rings is 1. The van der Waals surface area contributed by atoms with Crippen LogP contribution in [0.2, 0.25) is 0 Å². The molecule has 0 aromatic heterocycles. The number of amides is 4. The van der Waals surface area contributed by atoms with E-state index in [1.807, 2.05) is 30.3 Å². The maximum absolute atomic E-state index is 12.2. The Morgan fingerprint density at radius 3 is 2.50 bits per heavy atom. The van der Waals surface area contributed by atoms with Crippen LogP contribution in [0, 0.1) is 0 Å². The van der Waals surface area contributed by atoms with E-state index in [9.17, 15) is 14.4 Å². The lowest BCUT2D eigenvalue weighted by Gasteiger charge is -2.32. The monoisotopic (exact) mass is 331 g/mol. The third-order valence-corrected chi connectivity index (χ3v) is 4.36. The van der Waals surface area contributed by atoms with Crippen LogP contribution >= 0.6 is 0 Å². The fourth-order valence-electron chi connectivity index (χ4n) is 2.97. The second-order valence-electron chi connectivity index (χ2n) is 6.10. The molecular formula is C17H21N3O4. The van der Waals surface area contributed by atoms with Crippen LogP contribution in [0.5, 0.6) is 0 Å². The Balaban J connectivity index is 1.40. The first-order valence-corrected chi connectivity index (χ1v) is 8.16. The summed E-state index contributed by atoms with van der Waals surface area (Å²) in [7, 11) is 0. The number of carbonyl (C=O) groups is 3. The van der Waals surface area contributed by atoms with Gasteiger partial charge in [-0.1, -0.05) is 30.3 Å². The molecule has 7 nitrogen and oxygen atoms in total. The molecule has 1 aromatic rings. The molecule has 0 bridgehead atoms. The molecule has 1 aromatic carbocycles. The predicted molar refractivity (Wildman–Crippen MR) is 85.9 cm³/mol. The van der Waals surface area contributed by atoms with Crippen molar-refractivity contribution >= 4 is 17.8 Å². The maximum Gasteiger partial charge on any atom is 0.322 e. The van der Waals surface area contributed by atoms with Gasteiger partial charge in [0.1, 0.15) is 6.04 Å². The molecule has 0 spiro atoms. The zero-order valence-corrected chi connectivity index (χ0v) is 13.4. The summed E-state index contributed by atoms with van der Waals surface area (Å²) < 4.78 is 5.90. The fourth-order valence-corrected chi connectivity index (χ4v) is 2.97. The van der Waals surface area contributed by atoms with E-state index in [2.05, 4.69) is 10.6 Å². The maximum atomic E-state index is 12.2. The van der Waals surface area contributed by atoms with E-state index in [4.69, 9.17) is 4.74 Å². The van der Waals surface area contributed by atoms with Gasteiger partial charge in [0, 0.05) is 13.1 Å². The van der Waals surface area contributed by atoms with Crippen LogP contribution in [0.1, 0.15) is 24.8 Å².